The van der Waals surface area contributed by atoms with E-state index >= 15 is 0 Å². The second-order valence-electron chi connectivity index (χ2n) is 6.88. The number of carbonyl (C=O) groups excluding carboxylic acids is 1. The first-order valence-corrected chi connectivity index (χ1v) is 8.50. The second-order valence-corrected chi connectivity index (χ2v) is 6.88. The van der Waals surface area contributed by atoms with Gasteiger partial charge in [0.05, 0.1) is 11.6 Å². The maximum atomic E-state index is 12.7. The van der Waals surface area contributed by atoms with E-state index in [1.165, 1.54) is 5.56 Å². The van der Waals surface area contributed by atoms with Crippen LogP contribution in [0, 0.1) is 11.8 Å². The zero-order chi connectivity index (χ0) is 17.1. The number of amides is 1. The number of aromatic carboxylic acids is 1. The van der Waals surface area contributed by atoms with Crippen molar-refractivity contribution in [1.82, 2.24) is 4.90 Å². The molecule has 0 saturated heterocycles. The van der Waals surface area contributed by atoms with Crippen molar-refractivity contribution >= 4 is 11.9 Å². The van der Waals surface area contributed by atoms with E-state index in [0.29, 0.717) is 30.4 Å². The highest BCUT2D eigenvalue weighted by Crippen LogP contribution is 2.37. The third kappa shape index (κ3) is 3.74. The monoisotopic (exact) mass is 317 g/mol. The molecule has 2 atom stereocenters. The number of hydrogen-bond donors (Lipinski definition) is 1. The lowest BCUT2D eigenvalue weighted by Crippen LogP contribution is -2.35. The predicted octanol–water partition coefficient (Wildman–Crippen LogP) is 3.90. The van der Waals surface area contributed by atoms with Gasteiger partial charge in [0.25, 0.3) is 0 Å². The second kappa shape index (κ2) is 7.16. The summed E-state index contributed by atoms with van der Waals surface area (Å²) in [5.74, 6) is 0.0865. The summed E-state index contributed by atoms with van der Waals surface area (Å²) in [7, 11) is 0. The Morgan fingerprint density at radius 1 is 1.30 bits per heavy atom. The van der Waals surface area contributed by atoms with Gasteiger partial charge in [-0.2, -0.15) is 0 Å². The van der Waals surface area contributed by atoms with Crippen LogP contribution in [0.5, 0.6) is 0 Å². The molecule has 2 rings (SSSR count). The zero-order valence-electron chi connectivity index (χ0n) is 14.5. The summed E-state index contributed by atoms with van der Waals surface area (Å²) in [5, 5.41) is 9.21. The van der Waals surface area contributed by atoms with Crippen LogP contribution in [-0.2, 0) is 11.2 Å². The molecule has 0 radical (unpaired) electrons. The van der Waals surface area contributed by atoms with Crippen LogP contribution in [0.3, 0.4) is 0 Å². The SMILES string of the molecule is CCN(C(=O)CC(C)C(C)C)C1CCc2ccc(C(=O)O)cc21. The third-order valence-corrected chi connectivity index (χ3v) is 5.11. The number of hydrogen-bond acceptors (Lipinski definition) is 2. The fraction of sp³-hybridized carbons (Fsp3) is 0.579. The number of nitrogens with zero attached hydrogens (tertiary/aromatic N) is 1. The molecule has 1 aromatic rings. The number of carboxylic acid groups (broad SMARTS) is 1. The number of benzene rings is 1. The van der Waals surface area contributed by atoms with Gasteiger partial charge in [-0.25, -0.2) is 4.79 Å². The molecule has 0 fully saturated rings. The minimum absolute atomic E-state index is 0.0150. The van der Waals surface area contributed by atoms with Crippen LogP contribution < -0.4 is 0 Å². The van der Waals surface area contributed by atoms with Crippen molar-refractivity contribution in [2.75, 3.05) is 6.54 Å². The van der Waals surface area contributed by atoms with Gasteiger partial charge in [0.15, 0.2) is 0 Å². The van der Waals surface area contributed by atoms with E-state index in [1.807, 2.05) is 17.9 Å². The molecule has 23 heavy (non-hydrogen) atoms. The van der Waals surface area contributed by atoms with Gasteiger partial charge in [0.2, 0.25) is 5.91 Å². The van der Waals surface area contributed by atoms with Crippen molar-refractivity contribution in [3.63, 3.8) is 0 Å². The number of aryl methyl sites for hydroxylation is 1. The van der Waals surface area contributed by atoms with E-state index in [9.17, 15) is 14.7 Å². The van der Waals surface area contributed by atoms with Crippen molar-refractivity contribution < 1.29 is 14.7 Å². The van der Waals surface area contributed by atoms with Crippen LogP contribution >= 0.6 is 0 Å². The topological polar surface area (TPSA) is 57.6 Å². The Hall–Kier alpha value is -1.84. The van der Waals surface area contributed by atoms with E-state index in [4.69, 9.17) is 0 Å². The zero-order valence-corrected chi connectivity index (χ0v) is 14.5. The Balaban J connectivity index is 2.23. The minimum Gasteiger partial charge on any atom is -0.478 e. The molecule has 4 heteroatoms. The lowest BCUT2D eigenvalue weighted by atomic mass is 9.93. The van der Waals surface area contributed by atoms with Crippen molar-refractivity contribution in [2.24, 2.45) is 11.8 Å². The third-order valence-electron chi connectivity index (χ3n) is 5.11. The molecule has 0 heterocycles. The van der Waals surface area contributed by atoms with Gasteiger partial charge in [0.1, 0.15) is 0 Å². The summed E-state index contributed by atoms with van der Waals surface area (Å²) in [6.07, 6.45) is 2.34. The summed E-state index contributed by atoms with van der Waals surface area (Å²) in [6, 6.07) is 5.31. The first-order valence-electron chi connectivity index (χ1n) is 8.50. The molecule has 1 N–H and O–H groups in total. The quantitative estimate of drug-likeness (QED) is 0.865. The van der Waals surface area contributed by atoms with Crippen LogP contribution in [0.1, 0.15) is 68.1 Å². The van der Waals surface area contributed by atoms with Gasteiger partial charge < -0.3 is 10.0 Å². The molecule has 0 saturated carbocycles. The summed E-state index contributed by atoms with van der Waals surface area (Å²) in [4.78, 5) is 25.9. The molecule has 1 aromatic carbocycles. The Bertz CT molecular complexity index is 594. The van der Waals surface area contributed by atoms with Gasteiger partial charge in [-0.15, -0.1) is 0 Å². The van der Waals surface area contributed by atoms with E-state index in [1.54, 1.807) is 12.1 Å². The number of fused-ring (bicyclic) bond motifs is 1. The number of carbonyl (C=O) groups is 2. The summed E-state index contributed by atoms with van der Waals surface area (Å²) in [6.45, 7) is 9.04. The highest BCUT2D eigenvalue weighted by atomic mass is 16.4. The van der Waals surface area contributed by atoms with Gasteiger partial charge in [0, 0.05) is 13.0 Å². The van der Waals surface area contributed by atoms with E-state index in [-0.39, 0.29) is 11.9 Å². The molecule has 0 spiro atoms. The molecular formula is C19H27NO3. The Kier molecular flexibility index (Phi) is 5.45. The van der Waals surface area contributed by atoms with Gasteiger partial charge >= 0.3 is 5.97 Å². The van der Waals surface area contributed by atoms with Crippen molar-refractivity contribution in [3.8, 4) is 0 Å². The lowest BCUT2D eigenvalue weighted by molar-refractivity contribution is -0.134. The molecule has 4 nitrogen and oxygen atoms in total. The van der Waals surface area contributed by atoms with Gasteiger partial charge in [-0.1, -0.05) is 26.8 Å². The number of carboxylic acids is 1. The van der Waals surface area contributed by atoms with E-state index in [2.05, 4.69) is 20.8 Å². The Morgan fingerprint density at radius 3 is 2.57 bits per heavy atom. The van der Waals surface area contributed by atoms with Crippen LogP contribution in [0.2, 0.25) is 0 Å². The molecule has 1 aliphatic carbocycles. The fourth-order valence-electron chi connectivity index (χ4n) is 3.24. The lowest BCUT2D eigenvalue weighted by Gasteiger charge is -2.30. The van der Waals surface area contributed by atoms with E-state index in [0.717, 1.165) is 18.4 Å². The van der Waals surface area contributed by atoms with Crippen LogP contribution in [-0.4, -0.2) is 28.4 Å². The molecule has 0 aromatic heterocycles. The molecular weight excluding hydrogens is 290 g/mol. The first kappa shape index (κ1) is 17.5. The highest BCUT2D eigenvalue weighted by Gasteiger charge is 2.31. The molecule has 0 aliphatic heterocycles. The predicted molar refractivity (Wildman–Crippen MR) is 90.5 cm³/mol. The van der Waals surface area contributed by atoms with Crippen LogP contribution in [0.4, 0.5) is 0 Å². The van der Waals surface area contributed by atoms with Crippen molar-refractivity contribution in [3.05, 3.63) is 34.9 Å². The minimum atomic E-state index is -0.916. The first-order chi connectivity index (χ1) is 10.8. The summed E-state index contributed by atoms with van der Waals surface area (Å²) in [5.41, 5.74) is 2.48. The fourth-order valence-corrected chi connectivity index (χ4v) is 3.24. The van der Waals surface area contributed by atoms with Crippen molar-refractivity contribution in [2.45, 2.75) is 53.0 Å². The van der Waals surface area contributed by atoms with Crippen LogP contribution in [0.15, 0.2) is 18.2 Å². The van der Waals surface area contributed by atoms with E-state index < -0.39 is 5.97 Å². The molecule has 0 bridgehead atoms. The summed E-state index contributed by atoms with van der Waals surface area (Å²) >= 11 is 0. The normalized spacial score (nSPS) is 17.9. The maximum absolute atomic E-state index is 12.7. The average molecular weight is 317 g/mol. The number of rotatable bonds is 6. The standard InChI is InChI=1S/C19H27NO3/c1-5-20(18(21)10-13(4)12(2)3)17-9-8-14-6-7-15(19(22)23)11-16(14)17/h6-7,11-13,17H,5,8-10H2,1-4H3,(H,22,23). The average Bonchev–Trinajstić information content (AvgIpc) is 2.91. The smallest absolute Gasteiger partial charge is 0.335 e. The summed E-state index contributed by atoms with van der Waals surface area (Å²) < 4.78 is 0. The van der Waals surface area contributed by atoms with Gasteiger partial charge in [-0.3, -0.25) is 4.79 Å². The van der Waals surface area contributed by atoms with Gasteiger partial charge in [-0.05, 0) is 54.9 Å². The molecule has 2 unspecified atom stereocenters. The van der Waals surface area contributed by atoms with Crippen molar-refractivity contribution in [1.29, 1.82) is 0 Å². The Morgan fingerprint density at radius 2 is 2.00 bits per heavy atom. The maximum Gasteiger partial charge on any atom is 0.335 e. The highest BCUT2D eigenvalue weighted by molar-refractivity contribution is 5.88. The largest absolute Gasteiger partial charge is 0.478 e. The molecule has 1 amide bonds. The van der Waals surface area contributed by atoms with Crippen LogP contribution in [0.25, 0.3) is 0 Å². The molecule has 1 aliphatic rings. The Labute approximate surface area is 138 Å². The molecule has 126 valence electrons.